The zero-order valence-corrected chi connectivity index (χ0v) is 14.0. The number of hydrogen-bond acceptors (Lipinski definition) is 3. The molecular weight excluding hydrogens is 300 g/mol. The Morgan fingerprint density at radius 3 is 2.38 bits per heavy atom. The van der Waals surface area contributed by atoms with E-state index in [1.807, 2.05) is 13.0 Å². The minimum absolute atomic E-state index is 0.191. The first-order chi connectivity index (χ1) is 10.1. The molecule has 2 aromatic rings. The van der Waals surface area contributed by atoms with Crippen molar-refractivity contribution in [1.29, 1.82) is 0 Å². The fourth-order valence-corrected chi connectivity index (χ4v) is 3.33. The first-order valence-electron chi connectivity index (χ1n) is 6.99. The number of thioether (sulfide) groups is 1. The number of nitrogens with one attached hydrogen (secondary N) is 1. The van der Waals surface area contributed by atoms with Gasteiger partial charge in [-0.2, -0.15) is 0 Å². The number of hydrogen-bond donors (Lipinski definition) is 2. The van der Waals surface area contributed by atoms with E-state index in [1.54, 1.807) is 11.8 Å². The van der Waals surface area contributed by atoms with E-state index >= 15 is 0 Å². The highest BCUT2D eigenvalue weighted by Gasteiger charge is 2.11. The van der Waals surface area contributed by atoms with Crippen LogP contribution in [0.25, 0.3) is 0 Å². The second-order valence-corrected chi connectivity index (χ2v) is 6.79. The molecule has 2 rings (SSSR count). The molecule has 0 amide bonds. The Balaban J connectivity index is 1.95. The van der Waals surface area contributed by atoms with Crippen LogP contribution in [0, 0.1) is 13.8 Å². The fraction of sp³-hybridized carbons (Fsp3) is 0.294. The molecule has 0 fully saturated rings. The van der Waals surface area contributed by atoms with Crippen molar-refractivity contribution in [2.24, 2.45) is 5.84 Å². The minimum atomic E-state index is 0.191. The molecule has 0 spiro atoms. The lowest BCUT2D eigenvalue weighted by molar-refractivity contribution is 0.575. The predicted octanol–water partition coefficient (Wildman–Crippen LogP) is 4.12. The smallest absolute Gasteiger partial charge is 0.0441 e. The van der Waals surface area contributed by atoms with E-state index in [1.165, 1.54) is 16.0 Å². The van der Waals surface area contributed by atoms with Gasteiger partial charge in [-0.1, -0.05) is 41.4 Å². The molecule has 0 aliphatic heterocycles. The van der Waals surface area contributed by atoms with Crippen LogP contribution in [0.2, 0.25) is 5.02 Å². The second-order valence-electron chi connectivity index (χ2n) is 5.29. The average Bonchev–Trinajstić information content (AvgIpc) is 2.47. The Kier molecular flexibility index (Phi) is 6.12. The Morgan fingerprint density at radius 1 is 1.10 bits per heavy atom. The van der Waals surface area contributed by atoms with Gasteiger partial charge in [0.05, 0.1) is 0 Å². The standard InChI is InChI=1S/C17H21ClN2S/c1-12-4-7-16(8-5-12)21-11-15(20-19)10-14-6-3-13(2)9-17(14)18/h3-9,15,20H,10-11,19H2,1-2H3. The van der Waals surface area contributed by atoms with E-state index in [0.29, 0.717) is 0 Å². The molecule has 0 aliphatic rings. The Bertz CT molecular complexity index is 584. The molecule has 1 unspecified atom stereocenters. The van der Waals surface area contributed by atoms with Gasteiger partial charge in [-0.15, -0.1) is 11.8 Å². The molecule has 1 atom stereocenters. The first kappa shape index (κ1) is 16.4. The van der Waals surface area contributed by atoms with Gasteiger partial charge in [0.1, 0.15) is 0 Å². The van der Waals surface area contributed by atoms with E-state index < -0.39 is 0 Å². The van der Waals surface area contributed by atoms with Crippen molar-refractivity contribution in [3.63, 3.8) is 0 Å². The molecule has 4 heteroatoms. The van der Waals surface area contributed by atoms with E-state index in [9.17, 15) is 0 Å². The SMILES string of the molecule is Cc1ccc(SCC(Cc2ccc(C)cc2Cl)NN)cc1. The van der Waals surface area contributed by atoms with Crippen LogP contribution in [0.3, 0.4) is 0 Å². The third-order valence-corrected chi connectivity index (χ3v) is 4.91. The molecule has 0 heterocycles. The van der Waals surface area contributed by atoms with Gasteiger partial charge in [0.2, 0.25) is 0 Å². The number of nitrogens with two attached hydrogens (primary N) is 1. The maximum Gasteiger partial charge on any atom is 0.0441 e. The maximum absolute atomic E-state index is 6.29. The van der Waals surface area contributed by atoms with Gasteiger partial charge < -0.3 is 0 Å². The Hall–Kier alpha value is -1.00. The number of rotatable bonds is 6. The van der Waals surface area contributed by atoms with Crippen molar-refractivity contribution in [3.8, 4) is 0 Å². The largest absolute Gasteiger partial charge is 0.271 e. The van der Waals surface area contributed by atoms with E-state index in [0.717, 1.165) is 22.8 Å². The summed E-state index contributed by atoms with van der Waals surface area (Å²) in [6, 6.07) is 14.9. The van der Waals surface area contributed by atoms with Crippen molar-refractivity contribution in [1.82, 2.24) is 5.43 Å². The summed E-state index contributed by atoms with van der Waals surface area (Å²) in [4.78, 5) is 1.26. The molecule has 3 N–H and O–H groups in total. The first-order valence-corrected chi connectivity index (χ1v) is 8.35. The fourth-order valence-electron chi connectivity index (χ4n) is 2.08. The number of benzene rings is 2. The monoisotopic (exact) mass is 320 g/mol. The van der Waals surface area contributed by atoms with Crippen molar-refractivity contribution in [2.45, 2.75) is 31.2 Å². The van der Waals surface area contributed by atoms with Gasteiger partial charge in [-0.3, -0.25) is 11.3 Å². The van der Waals surface area contributed by atoms with Crippen molar-refractivity contribution >= 4 is 23.4 Å². The molecule has 0 radical (unpaired) electrons. The number of halogens is 1. The maximum atomic E-state index is 6.29. The molecule has 0 bridgehead atoms. The zero-order valence-electron chi connectivity index (χ0n) is 12.4. The number of aryl methyl sites for hydroxylation is 2. The van der Waals surface area contributed by atoms with Crippen LogP contribution < -0.4 is 11.3 Å². The highest BCUT2D eigenvalue weighted by atomic mass is 35.5. The quantitative estimate of drug-likeness (QED) is 0.477. The molecule has 0 saturated carbocycles. The van der Waals surface area contributed by atoms with Gasteiger partial charge in [0.15, 0.2) is 0 Å². The topological polar surface area (TPSA) is 38.0 Å². The van der Waals surface area contributed by atoms with Crippen molar-refractivity contribution in [2.75, 3.05) is 5.75 Å². The van der Waals surface area contributed by atoms with Gasteiger partial charge in [0, 0.05) is 21.7 Å². The van der Waals surface area contributed by atoms with E-state index in [-0.39, 0.29) is 6.04 Å². The lowest BCUT2D eigenvalue weighted by atomic mass is 10.1. The predicted molar refractivity (Wildman–Crippen MR) is 92.9 cm³/mol. The van der Waals surface area contributed by atoms with Gasteiger partial charge in [-0.25, -0.2) is 0 Å². The van der Waals surface area contributed by atoms with Crippen LogP contribution in [0.15, 0.2) is 47.4 Å². The second kappa shape index (κ2) is 7.85. The summed E-state index contributed by atoms with van der Waals surface area (Å²) < 4.78 is 0. The lowest BCUT2D eigenvalue weighted by Crippen LogP contribution is -2.38. The molecular formula is C17H21ClN2S. The van der Waals surface area contributed by atoms with Crippen LogP contribution in [0.4, 0.5) is 0 Å². The molecule has 112 valence electrons. The molecule has 2 nitrogen and oxygen atoms in total. The third-order valence-electron chi connectivity index (χ3n) is 3.38. The van der Waals surface area contributed by atoms with Gasteiger partial charge in [0.25, 0.3) is 0 Å². The summed E-state index contributed by atoms with van der Waals surface area (Å²) in [5, 5.41) is 0.815. The summed E-state index contributed by atoms with van der Waals surface area (Å²) in [7, 11) is 0. The van der Waals surface area contributed by atoms with Crippen molar-refractivity contribution in [3.05, 3.63) is 64.2 Å². The van der Waals surface area contributed by atoms with E-state index in [2.05, 4.69) is 48.7 Å². The normalized spacial score (nSPS) is 12.4. The molecule has 0 aliphatic carbocycles. The Labute approximate surface area is 136 Å². The van der Waals surface area contributed by atoms with Crippen LogP contribution in [0.5, 0.6) is 0 Å². The average molecular weight is 321 g/mol. The molecule has 0 aromatic heterocycles. The molecule has 0 saturated heterocycles. The minimum Gasteiger partial charge on any atom is -0.271 e. The summed E-state index contributed by atoms with van der Waals surface area (Å²) in [5.41, 5.74) is 6.48. The summed E-state index contributed by atoms with van der Waals surface area (Å²) in [5.74, 6) is 6.59. The van der Waals surface area contributed by atoms with E-state index in [4.69, 9.17) is 17.4 Å². The van der Waals surface area contributed by atoms with Crippen LogP contribution >= 0.6 is 23.4 Å². The van der Waals surface area contributed by atoms with Gasteiger partial charge >= 0.3 is 0 Å². The van der Waals surface area contributed by atoms with Gasteiger partial charge in [-0.05, 0) is 49.6 Å². The summed E-state index contributed by atoms with van der Waals surface area (Å²) in [6.07, 6.45) is 0.828. The van der Waals surface area contributed by atoms with Crippen LogP contribution in [-0.4, -0.2) is 11.8 Å². The third kappa shape index (κ3) is 5.04. The molecule has 21 heavy (non-hydrogen) atoms. The van der Waals surface area contributed by atoms with Crippen LogP contribution in [-0.2, 0) is 6.42 Å². The highest BCUT2D eigenvalue weighted by Crippen LogP contribution is 2.23. The van der Waals surface area contributed by atoms with Crippen molar-refractivity contribution < 1.29 is 0 Å². The summed E-state index contributed by atoms with van der Waals surface area (Å²) >= 11 is 8.09. The van der Waals surface area contributed by atoms with Crippen LogP contribution in [0.1, 0.15) is 16.7 Å². The molecule has 2 aromatic carbocycles. The lowest BCUT2D eigenvalue weighted by Gasteiger charge is -2.16. The zero-order chi connectivity index (χ0) is 15.2. The Morgan fingerprint density at radius 2 is 1.76 bits per heavy atom. The summed E-state index contributed by atoms with van der Waals surface area (Å²) in [6.45, 7) is 4.14. The number of hydrazine groups is 1. The highest BCUT2D eigenvalue weighted by molar-refractivity contribution is 7.99.